The molecule has 140 valence electrons. The van der Waals surface area contributed by atoms with Gasteiger partial charge in [0.05, 0.1) is 0 Å². The summed E-state index contributed by atoms with van der Waals surface area (Å²) in [7, 11) is 0. The third-order valence-electron chi connectivity index (χ3n) is 4.11. The number of hydrogen-bond acceptors (Lipinski definition) is 5. The fraction of sp³-hybridized carbons (Fsp3) is 0.286. The van der Waals surface area contributed by atoms with Gasteiger partial charge in [0.15, 0.2) is 4.34 Å². The zero-order valence-corrected chi connectivity index (χ0v) is 17.2. The highest BCUT2D eigenvalue weighted by Gasteiger charge is 2.11. The lowest BCUT2D eigenvalue weighted by Crippen LogP contribution is -2.11. The van der Waals surface area contributed by atoms with E-state index in [0.29, 0.717) is 10.7 Å². The average molecular weight is 398 g/mol. The number of nitrogens with one attached hydrogen (secondary N) is 1. The molecule has 3 aromatic rings. The summed E-state index contributed by atoms with van der Waals surface area (Å²) in [4.78, 5) is 12.4. The predicted molar refractivity (Wildman–Crippen MR) is 114 cm³/mol. The predicted octanol–water partition coefficient (Wildman–Crippen LogP) is 5.73. The van der Waals surface area contributed by atoms with Gasteiger partial charge >= 0.3 is 0 Å². The summed E-state index contributed by atoms with van der Waals surface area (Å²) in [6.07, 6.45) is 3.39. The van der Waals surface area contributed by atoms with Crippen LogP contribution >= 0.6 is 23.1 Å². The third kappa shape index (κ3) is 5.91. The van der Waals surface area contributed by atoms with E-state index in [1.807, 2.05) is 24.3 Å². The van der Waals surface area contributed by atoms with Gasteiger partial charge < -0.3 is 0 Å². The van der Waals surface area contributed by atoms with Gasteiger partial charge in [-0.2, -0.15) is 0 Å². The molecule has 2 aromatic carbocycles. The lowest BCUT2D eigenvalue weighted by molar-refractivity contribution is 0.102. The molecule has 27 heavy (non-hydrogen) atoms. The molecule has 3 rings (SSSR count). The molecule has 1 amide bonds. The Kier molecular flexibility index (Phi) is 7.01. The van der Waals surface area contributed by atoms with Gasteiger partial charge in [-0.05, 0) is 43.0 Å². The number of thioether (sulfide) groups is 1. The van der Waals surface area contributed by atoms with Crippen LogP contribution in [0.15, 0.2) is 52.9 Å². The number of unbranched alkanes of at least 4 members (excludes halogenated alkanes) is 1. The Bertz CT molecular complexity index is 890. The van der Waals surface area contributed by atoms with Crippen molar-refractivity contribution in [2.45, 2.75) is 43.2 Å². The van der Waals surface area contributed by atoms with Crippen molar-refractivity contribution >= 4 is 34.1 Å². The maximum Gasteiger partial charge on any atom is 0.257 e. The summed E-state index contributed by atoms with van der Waals surface area (Å²) in [5, 5.41) is 11.6. The number of aromatic nitrogens is 2. The van der Waals surface area contributed by atoms with E-state index in [0.717, 1.165) is 16.5 Å². The van der Waals surface area contributed by atoms with Crippen LogP contribution in [0.1, 0.15) is 46.8 Å². The molecule has 0 bridgehead atoms. The molecular formula is C21H23N3OS2. The van der Waals surface area contributed by atoms with E-state index < -0.39 is 0 Å². The first kappa shape index (κ1) is 19.6. The van der Waals surface area contributed by atoms with Crippen molar-refractivity contribution in [3.8, 4) is 0 Å². The Balaban J connectivity index is 1.54. The molecule has 0 aliphatic rings. The van der Waals surface area contributed by atoms with Gasteiger partial charge in [-0.15, -0.1) is 10.2 Å². The summed E-state index contributed by atoms with van der Waals surface area (Å²) in [5.74, 6) is 0.687. The van der Waals surface area contributed by atoms with E-state index in [4.69, 9.17) is 0 Å². The van der Waals surface area contributed by atoms with E-state index in [-0.39, 0.29) is 5.91 Å². The average Bonchev–Trinajstić information content (AvgIpc) is 3.12. The lowest BCUT2D eigenvalue weighted by Gasteiger charge is -2.03. The Morgan fingerprint density at radius 3 is 2.67 bits per heavy atom. The number of hydrogen-bond donors (Lipinski definition) is 1. The molecule has 0 fully saturated rings. The van der Waals surface area contributed by atoms with Gasteiger partial charge in [0.25, 0.3) is 5.91 Å². The number of anilines is 1. The zero-order chi connectivity index (χ0) is 19.1. The molecule has 0 aliphatic heterocycles. The molecule has 1 aromatic heterocycles. The van der Waals surface area contributed by atoms with E-state index in [2.05, 4.69) is 53.6 Å². The molecule has 0 atom stereocenters. The molecular weight excluding hydrogens is 374 g/mol. The van der Waals surface area contributed by atoms with Crippen LogP contribution in [-0.4, -0.2) is 16.1 Å². The van der Waals surface area contributed by atoms with Crippen LogP contribution in [0.5, 0.6) is 0 Å². The second kappa shape index (κ2) is 9.67. The Morgan fingerprint density at radius 1 is 1.11 bits per heavy atom. The summed E-state index contributed by atoms with van der Waals surface area (Å²) >= 11 is 3.03. The van der Waals surface area contributed by atoms with Crippen molar-refractivity contribution in [3.63, 3.8) is 0 Å². The third-order valence-corrected chi connectivity index (χ3v) is 6.15. The number of carbonyl (C=O) groups is 1. The van der Waals surface area contributed by atoms with Gasteiger partial charge in [0, 0.05) is 11.3 Å². The first-order valence-electron chi connectivity index (χ1n) is 9.06. The van der Waals surface area contributed by atoms with Gasteiger partial charge in [0.1, 0.15) is 0 Å². The van der Waals surface area contributed by atoms with Gasteiger partial charge in [-0.25, -0.2) is 0 Å². The fourth-order valence-electron chi connectivity index (χ4n) is 2.64. The molecule has 0 spiro atoms. The Labute approximate surface area is 168 Å². The van der Waals surface area contributed by atoms with E-state index in [1.54, 1.807) is 11.8 Å². The minimum atomic E-state index is -0.150. The van der Waals surface area contributed by atoms with Crippen LogP contribution < -0.4 is 5.32 Å². The smallest absolute Gasteiger partial charge is 0.257 e. The van der Waals surface area contributed by atoms with Crippen molar-refractivity contribution in [3.05, 3.63) is 70.8 Å². The highest BCUT2D eigenvalue weighted by molar-refractivity contribution is 8.00. The molecule has 0 saturated heterocycles. The second-order valence-electron chi connectivity index (χ2n) is 6.41. The number of nitrogens with zero attached hydrogens (tertiary/aromatic N) is 2. The number of aryl methyl sites for hydroxylation is 2. The van der Waals surface area contributed by atoms with Crippen molar-refractivity contribution in [1.29, 1.82) is 0 Å². The van der Waals surface area contributed by atoms with Gasteiger partial charge in [-0.1, -0.05) is 78.4 Å². The largest absolute Gasteiger partial charge is 0.296 e. The standard InChI is InChI=1S/C21H23N3OS2/c1-3-4-7-16-9-11-18(12-10-16)19(25)22-20-23-24-21(27-20)26-14-17-8-5-6-15(2)13-17/h5-6,8-13H,3-4,7,14H2,1-2H3,(H,22,23,25). The van der Waals surface area contributed by atoms with Crippen molar-refractivity contribution in [2.75, 3.05) is 5.32 Å². The van der Waals surface area contributed by atoms with E-state index >= 15 is 0 Å². The van der Waals surface area contributed by atoms with Crippen LogP contribution in [0.3, 0.4) is 0 Å². The topological polar surface area (TPSA) is 54.9 Å². The normalized spacial score (nSPS) is 10.7. The van der Waals surface area contributed by atoms with Crippen LogP contribution in [0.25, 0.3) is 0 Å². The lowest BCUT2D eigenvalue weighted by atomic mass is 10.1. The summed E-state index contributed by atoms with van der Waals surface area (Å²) in [5.41, 5.74) is 4.40. The minimum Gasteiger partial charge on any atom is -0.296 e. The fourth-order valence-corrected chi connectivity index (χ4v) is 4.33. The first-order chi connectivity index (χ1) is 13.1. The monoisotopic (exact) mass is 397 g/mol. The molecule has 0 radical (unpaired) electrons. The molecule has 4 nitrogen and oxygen atoms in total. The molecule has 0 unspecified atom stereocenters. The molecule has 1 N–H and O–H groups in total. The highest BCUT2D eigenvalue weighted by atomic mass is 32.2. The SMILES string of the molecule is CCCCc1ccc(C(=O)Nc2nnc(SCc3cccc(C)c3)s2)cc1. The number of carbonyl (C=O) groups excluding carboxylic acids is 1. The minimum absolute atomic E-state index is 0.150. The van der Waals surface area contributed by atoms with Crippen LogP contribution in [0.4, 0.5) is 5.13 Å². The van der Waals surface area contributed by atoms with Crippen LogP contribution in [-0.2, 0) is 12.2 Å². The van der Waals surface area contributed by atoms with Gasteiger partial charge in [-0.3, -0.25) is 10.1 Å². The number of amides is 1. The molecule has 0 saturated carbocycles. The van der Waals surface area contributed by atoms with Crippen LogP contribution in [0, 0.1) is 6.92 Å². The molecule has 0 aliphatic carbocycles. The maximum atomic E-state index is 12.4. The van der Waals surface area contributed by atoms with Crippen molar-refractivity contribution < 1.29 is 4.79 Å². The Hall–Kier alpha value is -2.18. The molecule has 6 heteroatoms. The second-order valence-corrected chi connectivity index (χ2v) is 8.61. The molecule has 1 heterocycles. The number of rotatable bonds is 8. The zero-order valence-electron chi connectivity index (χ0n) is 15.6. The van der Waals surface area contributed by atoms with Crippen LogP contribution in [0.2, 0.25) is 0 Å². The number of benzene rings is 2. The maximum absolute atomic E-state index is 12.4. The summed E-state index contributed by atoms with van der Waals surface area (Å²) in [6, 6.07) is 16.2. The summed E-state index contributed by atoms with van der Waals surface area (Å²) < 4.78 is 0.849. The van der Waals surface area contributed by atoms with E-state index in [9.17, 15) is 4.79 Å². The van der Waals surface area contributed by atoms with Crippen molar-refractivity contribution in [2.24, 2.45) is 0 Å². The van der Waals surface area contributed by atoms with Crippen molar-refractivity contribution in [1.82, 2.24) is 10.2 Å². The van der Waals surface area contributed by atoms with Gasteiger partial charge in [0.2, 0.25) is 5.13 Å². The first-order valence-corrected chi connectivity index (χ1v) is 10.9. The highest BCUT2D eigenvalue weighted by Crippen LogP contribution is 2.28. The summed E-state index contributed by atoms with van der Waals surface area (Å²) in [6.45, 7) is 4.26. The quantitative estimate of drug-likeness (QED) is 0.389. The Morgan fingerprint density at radius 2 is 1.93 bits per heavy atom. The van der Waals surface area contributed by atoms with E-state index in [1.165, 1.54) is 40.9 Å².